The van der Waals surface area contributed by atoms with Gasteiger partial charge in [-0.25, -0.2) is 18.4 Å². The number of hydrogen-bond acceptors (Lipinski definition) is 8. The van der Waals surface area contributed by atoms with Crippen molar-refractivity contribution in [1.29, 1.82) is 0 Å². The zero-order valence-electron chi connectivity index (χ0n) is 15.4. The summed E-state index contributed by atoms with van der Waals surface area (Å²) in [5.74, 6) is 1.56. The van der Waals surface area contributed by atoms with E-state index in [0.717, 1.165) is 23.8 Å². The second-order valence-electron chi connectivity index (χ2n) is 6.57. The number of non-ortho nitro benzene ring substituents is 1. The molecule has 0 N–H and O–H groups in total. The molecule has 9 nitrogen and oxygen atoms in total. The molecule has 0 aliphatic carbocycles. The van der Waals surface area contributed by atoms with E-state index in [0.29, 0.717) is 37.7 Å². The second-order valence-corrected chi connectivity index (χ2v) is 8.55. The van der Waals surface area contributed by atoms with Crippen LogP contribution >= 0.6 is 0 Å². The maximum absolute atomic E-state index is 12.2. The lowest BCUT2D eigenvalue weighted by molar-refractivity contribution is -0.385. The summed E-state index contributed by atoms with van der Waals surface area (Å²) in [5.41, 5.74) is 1.16. The van der Waals surface area contributed by atoms with Crippen molar-refractivity contribution in [2.45, 2.75) is 18.7 Å². The molecule has 0 saturated carbocycles. The smallest absolute Gasteiger partial charge is 0.270 e. The molecule has 144 valence electrons. The monoisotopic (exact) mass is 391 g/mol. The fraction of sp³-hybridized carbons (Fsp3) is 0.412. The number of benzene rings is 1. The van der Waals surface area contributed by atoms with Gasteiger partial charge in [0.05, 0.1) is 15.5 Å². The summed E-state index contributed by atoms with van der Waals surface area (Å²) in [6, 6.07) is 5.92. The minimum Gasteiger partial charge on any atom is -0.367 e. The van der Waals surface area contributed by atoms with E-state index in [2.05, 4.69) is 14.9 Å². The molecule has 0 bridgehead atoms. The topological polar surface area (TPSA) is 110 Å². The molecule has 0 unspecified atom stereocenters. The van der Waals surface area contributed by atoms with E-state index in [4.69, 9.17) is 0 Å². The van der Waals surface area contributed by atoms with E-state index in [1.165, 1.54) is 12.1 Å². The first-order valence-corrected chi connectivity index (χ1v) is 10.3. The molecule has 27 heavy (non-hydrogen) atoms. The van der Waals surface area contributed by atoms with Gasteiger partial charge in [0.1, 0.15) is 11.6 Å². The van der Waals surface area contributed by atoms with Gasteiger partial charge in [0.25, 0.3) is 5.69 Å². The molecule has 2 aromatic rings. The van der Waals surface area contributed by atoms with Crippen LogP contribution in [0.4, 0.5) is 17.2 Å². The highest BCUT2D eigenvalue weighted by molar-refractivity contribution is 7.90. The number of hydrogen-bond donors (Lipinski definition) is 0. The van der Waals surface area contributed by atoms with Crippen molar-refractivity contribution >= 4 is 27.0 Å². The summed E-state index contributed by atoms with van der Waals surface area (Å²) in [5, 5.41) is 11.0. The van der Waals surface area contributed by atoms with E-state index in [1.54, 1.807) is 0 Å². The molecule has 1 aromatic carbocycles. The largest absolute Gasteiger partial charge is 0.367 e. The van der Waals surface area contributed by atoms with Gasteiger partial charge >= 0.3 is 0 Å². The standard InChI is InChI=1S/C17H21N5O4S/c1-12-10-17(19-13(2)18-12)21-8-6-20(7-9-21)15-5-4-14(22(23)24)11-16(15)27(3,25)26/h4-5,10-11H,6-9H2,1-3H3. The molecule has 2 heterocycles. The van der Waals surface area contributed by atoms with E-state index in [-0.39, 0.29) is 10.6 Å². The molecule has 10 heteroatoms. The first-order valence-electron chi connectivity index (χ1n) is 8.46. The molecule has 0 spiro atoms. The van der Waals surface area contributed by atoms with Crippen LogP contribution in [0.1, 0.15) is 11.5 Å². The second kappa shape index (κ2) is 7.10. The minimum absolute atomic E-state index is 0.0149. The van der Waals surface area contributed by atoms with Crippen LogP contribution in [0.15, 0.2) is 29.2 Å². The summed E-state index contributed by atoms with van der Waals surface area (Å²) >= 11 is 0. The number of rotatable bonds is 4. The Bertz CT molecular complexity index is 965. The molecule has 3 rings (SSSR count). The Morgan fingerprint density at radius 1 is 1.04 bits per heavy atom. The lowest BCUT2D eigenvalue weighted by Gasteiger charge is -2.37. The van der Waals surface area contributed by atoms with Gasteiger partial charge in [-0.3, -0.25) is 10.1 Å². The summed E-state index contributed by atoms with van der Waals surface area (Å²) in [6.07, 6.45) is 1.07. The molecule has 1 aromatic heterocycles. The van der Waals surface area contributed by atoms with Crippen molar-refractivity contribution in [3.63, 3.8) is 0 Å². The van der Waals surface area contributed by atoms with Crippen LogP contribution in [0, 0.1) is 24.0 Å². The number of nitrogens with zero attached hydrogens (tertiary/aromatic N) is 5. The predicted molar refractivity (Wildman–Crippen MR) is 102 cm³/mol. The predicted octanol–water partition coefficient (Wildman–Crippen LogP) is 1.73. The average molecular weight is 391 g/mol. The van der Waals surface area contributed by atoms with E-state index in [1.807, 2.05) is 24.8 Å². The Morgan fingerprint density at radius 2 is 1.67 bits per heavy atom. The van der Waals surface area contributed by atoms with Gasteiger partial charge in [0.15, 0.2) is 9.84 Å². The van der Waals surface area contributed by atoms with Gasteiger partial charge in [0, 0.05) is 56.3 Å². The van der Waals surface area contributed by atoms with E-state index < -0.39 is 14.8 Å². The van der Waals surface area contributed by atoms with Gasteiger partial charge in [0.2, 0.25) is 0 Å². The molecule has 0 radical (unpaired) electrons. The highest BCUT2D eigenvalue weighted by Gasteiger charge is 2.25. The van der Waals surface area contributed by atoms with Crippen LogP contribution in [-0.2, 0) is 9.84 Å². The first kappa shape index (κ1) is 19.0. The SMILES string of the molecule is Cc1cc(N2CCN(c3ccc([N+](=O)[O-])cc3S(C)(=O)=O)CC2)nc(C)n1. The van der Waals surface area contributed by atoms with Gasteiger partial charge in [-0.1, -0.05) is 0 Å². The first-order chi connectivity index (χ1) is 12.6. The van der Waals surface area contributed by atoms with Crippen LogP contribution in [0.25, 0.3) is 0 Å². The molecule has 0 amide bonds. The number of aryl methyl sites for hydroxylation is 2. The zero-order chi connectivity index (χ0) is 19.8. The van der Waals surface area contributed by atoms with Gasteiger partial charge in [-0.2, -0.15) is 0 Å². The Kier molecular flexibility index (Phi) is 5.01. The van der Waals surface area contributed by atoms with Gasteiger partial charge in [-0.15, -0.1) is 0 Å². The van der Waals surface area contributed by atoms with Crippen molar-refractivity contribution in [1.82, 2.24) is 9.97 Å². The Labute approximate surface area is 157 Å². The van der Waals surface area contributed by atoms with Crippen molar-refractivity contribution < 1.29 is 13.3 Å². The van der Waals surface area contributed by atoms with Gasteiger partial charge in [-0.05, 0) is 19.9 Å². The minimum atomic E-state index is -3.60. The lowest BCUT2D eigenvalue weighted by atomic mass is 10.2. The van der Waals surface area contributed by atoms with Crippen LogP contribution in [-0.4, -0.2) is 55.7 Å². The van der Waals surface area contributed by atoms with Crippen LogP contribution < -0.4 is 9.80 Å². The molecule has 1 aliphatic heterocycles. The number of piperazine rings is 1. The summed E-state index contributed by atoms with van der Waals surface area (Å²) in [6.45, 7) is 6.27. The van der Waals surface area contributed by atoms with E-state index in [9.17, 15) is 18.5 Å². The highest BCUT2D eigenvalue weighted by Crippen LogP contribution is 2.30. The fourth-order valence-corrected chi connectivity index (χ4v) is 4.12. The van der Waals surface area contributed by atoms with Crippen molar-refractivity contribution in [2.24, 2.45) is 0 Å². The van der Waals surface area contributed by atoms with Gasteiger partial charge < -0.3 is 9.80 Å². The maximum atomic E-state index is 12.2. The molecule has 1 saturated heterocycles. The number of nitro benzene ring substituents is 1. The molecule has 1 fully saturated rings. The molecule has 0 atom stereocenters. The summed E-state index contributed by atoms with van der Waals surface area (Å²) in [7, 11) is -3.60. The van der Waals surface area contributed by atoms with Crippen LogP contribution in [0.2, 0.25) is 0 Å². The molecule has 1 aliphatic rings. The Balaban J connectivity index is 1.84. The molecular formula is C17H21N5O4S. The van der Waals surface area contributed by atoms with Crippen molar-refractivity contribution in [2.75, 3.05) is 42.2 Å². The summed E-state index contributed by atoms with van der Waals surface area (Å²) < 4.78 is 24.3. The average Bonchev–Trinajstić information content (AvgIpc) is 2.60. The fourth-order valence-electron chi connectivity index (χ4n) is 3.21. The van der Waals surface area contributed by atoms with Crippen molar-refractivity contribution in [3.8, 4) is 0 Å². The number of aromatic nitrogens is 2. The Morgan fingerprint density at radius 3 is 2.22 bits per heavy atom. The Hall–Kier alpha value is -2.75. The normalized spacial score (nSPS) is 15.1. The van der Waals surface area contributed by atoms with Crippen LogP contribution in [0.3, 0.4) is 0 Å². The third kappa shape index (κ3) is 4.16. The lowest BCUT2D eigenvalue weighted by Crippen LogP contribution is -2.47. The summed E-state index contributed by atoms with van der Waals surface area (Å²) in [4.78, 5) is 23.2. The molecular weight excluding hydrogens is 370 g/mol. The van der Waals surface area contributed by atoms with Crippen LogP contribution in [0.5, 0.6) is 0 Å². The van der Waals surface area contributed by atoms with Crippen molar-refractivity contribution in [3.05, 3.63) is 45.9 Å². The number of anilines is 2. The van der Waals surface area contributed by atoms with E-state index >= 15 is 0 Å². The third-order valence-corrected chi connectivity index (χ3v) is 5.58. The highest BCUT2D eigenvalue weighted by atomic mass is 32.2. The zero-order valence-corrected chi connectivity index (χ0v) is 16.2. The number of nitro groups is 1. The third-order valence-electron chi connectivity index (χ3n) is 4.45. The number of sulfone groups is 1. The quantitative estimate of drug-likeness (QED) is 0.572. The maximum Gasteiger partial charge on any atom is 0.270 e.